The predicted octanol–water partition coefficient (Wildman–Crippen LogP) is 2.12. The normalized spacial score (nSPS) is 20.3. The Kier molecular flexibility index (Phi) is 2.57. The van der Waals surface area contributed by atoms with Crippen LogP contribution in [0.3, 0.4) is 0 Å². The summed E-state index contributed by atoms with van der Waals surface area (Å²) in [5, 5.41) is 3.97. The summed E-state index contributed by atoms with van der Waals surface area (Å²) >= 11 is 6.07. The fourth-order valence-electron chi connectivity index (χ4n) is 1.92. The van der Waals surface area contributed by atoms with Crippen LogP contribution in [0.25, 0.3) is 0 Å². The van der Waals surface area contributed by atoms with Gasteiger partial charge in [-0.1, -0.05) is 23.7 Å². The molecule has 1 unspecified atom stereocenters. The molecule has 1 atom stereocenters. The number of hydrogen-bond acceptors (Lipinski definition) is 2. The number of ketones is 1. The van der Waals surface area contributed by atoms with Gasteiger partial charge in [-0.05, 0) is 30.5 Å². The number of halogens is 1. The molecule has 3 heteroatoms. The number of rotatable bonds is 1. The first-order valence-corrected chi connectivity index (χ1v) is 5.09. The van der Waals surface area contributed by atoms with Gasteiger partial charge in [-0.3, -0.25) is 4.79 Å². The second-order valence-electron chi connectivity index (χ2n) is 3.56. The van der Waals surface area contributed by atoms with Crippen LogP contribution in [0.1, 0.15) is 24.1 Å². The van der Waals surface area contributed by atoms with E-state index in [0.29, 0.717) is 0 Å². The Morgan fingerprint density at radius 3 is 3.07 bits per heavy atom. The average Bonchev–Trinajstić information content (AvgIpc) is 2.17. The van der Waals surface area contributed by atoms with Crippen molar-refractivity contribution in [3.8, 4) is 0 Å². The molecule has 1 aromatic rings. The third-order valence-corrected chi connectivity index (χ3v) is 2.95. The monoisotopic (exact) mass is 209 g/mol. The summed E-state index contributed by atoms with van der Waals surface area (Å²) in [6, 6.07) is 5.57. The Bertz CT molecular complexity index is 376. The van der Waals surface area contributed by atoms with Gasteiger partial charge in [0.25, 0.3) is 0 Å². The van der Waals surface area contributed by atoms with Crippen LogP contribution in [0.5, 0.6) is 0 Å². The molecule has 0 fully saturated rings. The minimum absolute atomic E-state index is 0.146. The highest BCUT2D eigenvalue weighted by Gasteiger charge is 2.24. The van der Waals surface area contributed by atoms with Crippen molar-refractivity contribution in [1.82, 2.24) is 5.32 Å². The van der Waals surface area contributed by atoms with Gasteiger partial charge in [0.15, 0.2) is 5.78 Å². The second kappa shape index (κ2) is 3.71. The van der Waals surface area contributed by atoms with E-state index in [9.17, 15) is 4.79 Å². The molecule has 0 amide bonds. The maximum Gasteiger partial charge on any atom is 0.151 e. The summed E-state index contributed by atoms with van der Waals surface area (Å²) in [6.45, 7) is 2.43. The zero-order valence-corrected chi connectivity index (χ0v) is 8.77. The topological polar surface area (TPSA) is 29.1 Å². The molecular weight excluding hydrogens is 198 g/mol. The number of hydrogen-bond donors (Lipinski definition) is 1. The lowest BCUT2D eigenvalue weighted by atomic mass is 9.92. The van der Waals surface area contributed by atoms with Gasteiger partial charge in [0.1, 0.15) is 0 Å². The van der Waals surface area contributed by atoms with E-state index in [-0.39, 0.29) is 11.8 Å². The summed E-state index contributed by atoms with van der Waals surface area (Å²) in [4.78, 5) is 11.4. The number of nitrogens with one attached hydrogen (secondary N) is 1. The molecule has 2 nitrogen and oxygen atoms in total. The zero-order chi connectivity index (χ0) is 10.1. The molecular formula is C11H12ClNO. The molecule has 14 heavy (non-hydrogen) atoms. The summed E-state index contributed by atoms with van der Waals surface area (Å²) in [7, 11) is 0. The van der Waals surface area contributed by atoms with E-state index in [0.717, 1.165) is 29.1 Å². The van der Waals surface area contributed by atoms with Crippen LogP contribution < -0.4 is 5.32 Å². The molecule has 1 aromatic carbocycles. The Morgan fingerprint density at radius 2 is 2.36 bits per heavy atom. The molecule has 0 aliphatic carbocycles. The molecule has 0 saturated carbocycles. The first-order valence-electron chi connectivity index (χ1n) is 4.71. The molecule has 1 aliphatic heterocycles. The Labute approximate surface area is 88.3 Å². The van der Waals surface area contributed by atoms with Crippen molar-refractivity contribution >= 4 is 17.4 Å². The quantitative estimate of drug-likeness (QED) is 0.768. The first-order chi connectivity index (χ1) is 6.70. The second-order valence-corrected chi connectivity index (χ2v) is 3.96. The van der Waals surface area contributed by atoms with Crippen molar-refractivity contribution in [1.29, 1.82) is 0 Å². The van der Waals surface area contributed by atoms with Gasteiger partial charge in [-0.2, -0.15) is 0 Å². The Morgan fingerprint density at radius 1 is 1.57 bits per heavy atom. The smallest absolute Gasteiger partial charge is 0.151 e. The van der Waals surface area contributed by atoms with Gasteiger partial charge >= 0.3 is 0 Å². The maximum absolute atomic E-state index is 11.4. The number of benzene rings is 1. The van der Waals surface area contributed by atoms with E-state index in [1.54, 1.807) is 6.92 Å². The van der Waals surface area contributed by atoms with E-state index < -0.39 is 0 Å². The van der Waals surface area contributed by atoms with Crippen LogP contribution in [0.2, 0.25) is 5.02 Å². The molecule has 0 saturated heterocycles. The van der Waals surface area contributed by atoms with E-state index in [4.69, 9.17) is 11.6 Å². The van der Waals surface area contributed by atoms with Crippen LogP contribution in [0, 0.1) is 0 Å². The fourth-order valence-corrected chi connectivity index (χ4v) is 2.20. The first kappa shape index (κ1) is 9.69. The SMILES string of the molecule is CC(=O)C1NCCc2c(Cl)cccc21. The molecule has 0 radical (unpaired) electrons. The van der Waals surface area contributed by atoms with Crippen molar-refractivity contribution in [3.63, 3.8) is 0 Å². The summed E-state index contributed by atoms with van der Waals surface area (Å²) in [5.74, 6) is 0.146. The highest BCUT2D eigenvalue weighted by Crippen LogP contribution is 2.28. The van der Waals surface area contributed by atoms with Crippen molar-refractivity contribution in [2.45, 2.75) is 19.4 Å². The van der Waals surface area contributed by atoms with E-state index >= 15 is 0 Å². The third kappa shape index (κ3) is 1.56. The highest BCUT2D eigenvalue weighted by molar-refractivity contribution is 6.31. The van der Waals surface area contributed by atoms with Crippen LogP contribution in [0.4, 0.5) is 0 Å². The minimum atomic E-state index is -0.169. The van der Waals surface area contributed by atoms with E-state index in [1.807, 2.05) is 18.2 Å². The lowest BCUT2D eigenvalue weighted by Gasteiger charge is -2.25. The number of fused-ring (bicyclic) bond motifs is 1. The van der Waals surface area contributed by atoms with Crippen molar-refractivity contribution in [2.24, 2.45) is 0 Å². The molecule has 2 rings (SSSR count). The van der Waals surface area contributed by atoms with E-state index in [2.05, 4.69) is 5.32 Å². The molecule has 1 N–H and O–H groups in total. The predicted molar refractivity (Wildman–Crippen MR) is 56.6 cm³/mol. The van der Waals surface area contributed by atoms with Crippen molar-refractivity contribution < 1.29 is 4.79 Å². The van der Waals surface area contributed by atoms with Gasteiger partial charge in [-0.15, -0.1) is 0 Å². The lowest BCUT2D eigenvalue weighted by molar-refractivity contribution is -0.119. The Balaban J connectivity index is 2.49. The molecule has 1 heterocycles. The van der Waals surface area contributed by atoms with Crippen LogP contribution in [-0.4, -0.2) is 12.3 Å². The summed E-state index contributed by atoms with van der Waals surface area (Å²) in [6.07, 6.45) is 0.902. The van der Waals surface area contributed by atoms with Crippen molar-refractivity contribution in [2.75, 3.05) is 6.54 Å². The van der Waals surface area contributed by atoms with Crippen LogP contribution >= 0.6 is 11.6 Å². The molecule has 74 valence electrons. The van der Waals surface area contributed by atoms with Gasteiger partial charge < -0.3 is 5.32 Å². The molecule has 0 aromatic heterocycles. The standard InChI is InChI=1S/C11H12ClNO/c1-7(14)11-9-3-2-4-10(12)8(9)5-6-13-11/h2-4,11,13H,5-6H2,1H3. The zero-order valence-electron chi connectivity index (χ0n) is 8.01. The Hall–Kier alpha value is -0.860. The molecule has 0 spiro atoms. The lowest BCUT2D eigenvalue weighted by Crippen LogP contribution is -2.34. The molecule has 1 aliphatic rings. The fraction of sp³-hybridized carbons (Fsp3) is 0.364. The summed E-state index contributed by atoms with van der Waals surface area (Å²) in [5.41, 5.74) is 2.16. The number of carbonyl (C=O) groups excluding carboxylic acids is 1. The minimum Gasteiger partial charge on any atom is -0.303 e. The van der Waals surface area contributed by atoms with Gasteiger partial charge in [-0.25, -0.2) is 0 Å². The van der Waals surface area contributed by atoms with Crippen molar-refractivity contribution in [3.05, 3.63) is 34.3 Å². The van der Waals surface area contributed by atoms with Gasteiger partial charge in [0, 0.05) is 11.6 Å². The van der Waals surface area contributed by atoms with Crippen LogP contribution in [-0.2, 0) is 11.2 Å². The third-order valence-electron chi connectivity index (χ3n) is 2.60. The average molecular weight is 210 g/mol. The molecule has 0 bridgehead atoms. The van der Waals surface area contributed by atoms with Gasteiger partial charge in [0.05, 0.1) is 6.04 Å². The highest BCUT2D eigenvalue weighted by atomic mass is 35.5. The number of carbonyl (C=O) groups is 1. The summed E-state index contributed by atoms with van der Waals surface area (Å²) < 4.78 is 0. The number of Topliss-reactive ketones (excluding diaryl/α,β-unsaturated/α-hetero) is 1. The maximum atomic E-state index is 11.4. The largest absolute Gasteiger partial charge is 0.303 e. The van der Waals surface area contributed by atoms with Crippen LogP contribution in [0.15, 0.2) is 18.2 Å². The van der Waals surface area contributed by atoms with E-state index in [1.165, 1.54) is 0 Å². The van der Waals surface area contributed by atoms with Gasteiger partial charge in [0.2, 0.25) is 0 Å².